The van der Waals surface area contributed by atoms with E-state index in [-0.39, 0.29) is 35.7 Å². The monoisotopic (exact) mass is 780 g/mol. The number of hydrogen-bond acceptors (Lipinski definition) is 9. The summed E-state index contributed by atoms with van der Waals surface area (Å²) in [6.07, 6.45) is 4.41. The molecular weight excluding hydrogens is 729 g/mol. The number of hydrogen-bond donors (Lipinski definition) is 4. The maximum Gasteiger partial charge on any atom is 0.407 e. The van der Waals surface area contributed by atoms with E-state index in [1.807, 2.05) is 56.9 Å². The van der Waals surface area contributed by atoms with Crippen LogP contribution in [0, 0.1) is 11.8 Å². The highest BCUT2D eigenvalue weighted by Crippen LogP contribution is 2.40. The number of fused-ring (bicyclic) bond motifs is 3. The number of carbonyl (C=O) groups excluding carboxylic acids is 4. The van der Waals surface area contributed by atoms with Gasteiger partial charge in [-0.3, -0.25) is 9.59 Å². The van der Waals surface area contributed by atoms with Crippen molar-refractivity contribution in [2.45, 2.75) is 84.0 Å². The molecule has 15 nitrogen and oxygen atoms in total. The molecule has 4 aromatic rings. The zero-order valence-electron chi connectivity index (χ0n) is 33.4. The summed E-state index contributed by atoms with van der Waals surface area (Å²) in [4.78, 5) is 71.7. The van der Waals surface area contributed by atoms with Crippen molar-refractivity contribution in [3.63, 3.8) is 0 Å². The molecule has 2 fully saturated rings. The number of nitrogens with one attached hydrogen (secondary N) is 4. The number of ether oxygens (including phenoxy) is 3. The number of aromatic nitrogens is 4. The second-order valence-electron chi connectivity index (χ2n) is 15.6. The van der Waals surface area contributed by atoms with Crippen LogP contribution in [0.15, 0.2) is 48.7 Å². The van der Waals surface area contributed by atoms with E-state index in [0.717, 1.165) is 76.6 Å². The third-order valence-corrected chi connectivity index (χ3v) is 11.3. The number of nitrogens with zero attached hydrogens (tertiary/aromatic N) is 4. The number of alkyl carbamates (subject to hydrolysis) is 2. The lowest BCUT2D eigenvalue weighted by atomic mass is 9.99. The Morgan fingerprint density at radius 3 is 1.91 bits per heavy atom. The first-order chi connectivity index (χ1) is 27.5. The number of aromatic amines is 2. The first-order valence-corrected chi connectivity index (χ1v) is 19.8. The van der Waals surface area contributed by atoms with Gasteiger partial charge in [-0.15, -0.1) is 0 Å². The van der Waals surface area contributed by atoms with Gasteiger partial charge in [0, 0.05) is 30.8 Å². The topological polar surface area (TPSA) is 184 Å². The summed E-state index contributed by atoms with van der Waals surface area (Å²) >= 11 is 0. The molecule has 0 radical (unpaired) electrons. The van der Waals surface area contributed by atoms with E-state index >= 15 is 0 Å². The van der Waals surface area contributed by atoms with Gasteiger partial charge < -0.3 is 44.6 Å². The minimum Gasteiger partial charge on any atom is -0.492 e. The lowest BCUT2D eigenvalue weighted by Crippen LogP contribution is -2.51. The van der Waals surface area contributed by atoms with Gasteiger partial charge in [-0.2, -0.15) is 0 Å². The van der Waals surface area contributed by atoms with Crippen molar-refractivity contribution in [2.24, 2.45) is 11.8 Å². The first kappa shape index (κ1) is 39.4. The second kappa shape index (κ2) is 16.7. The zero-order valence-corrected chi connectivity index (χ0v) is 33.4. The number of methoxy groups -OCH3 is 2. The van der Waals surface area contributed by atoms with Crippen LogP contribution in [-0.2, 0) is 25.5 Å². The van der Waals surface area contributed by atoms with Gasteiger partial charge in [-0.05, 0) is 66.3 Å². The Morgan fingerprint density at radius 2 is 1.33 bits per heavy atom. The van der Waals surface area contributed by atoms with Crippen LogP contribution in [0.25, 0.3) is 33.6 Å². The number of imidazole rings is 2. The number of amides is 4. The third kappa shape index (κ3) is 8.05. The highest BCUT2D eigenvalue weighted by Gasteiger charge is 2.39. The van der Waals surface area contributed by atoms with Gasteiger partial charge in [-0.25, -0.2) is 19.6 Å². The molecule has 4 atom stereocenters. The van der Waals surface area contributed by atoms with E-state index in [1.54, 1.807) is 11.1 Å². The summed E-state index contributed by atoms with van der Waals surface area (Å²) in [5.41, 5.74) is 6.50. The van der Waals surface area contributed by atoms with Crippen LogP contribution in [0.1, 0.15) is 82.8 Å². The summed E-state index contributed by atoms with van der Waals surface area (Å²) in [5, 5.41) is 5.41. The largest absolute Gasteiger partial charge is 0.492 e. The molecule has 2 aromatic heterocycles. The van der Waals surface area contributed by atoms with Crippen LogP contribution in [0.3, 0.4) is 0 Å². The van der Waals surface area contributed by atoms with E-state index in [4.69, 9.17) is 19.2 Å². The molecule has 15 heteroatoms. The van der Waals surface area contributed by atoms with Gasteiger partial charge in [0.25, 0.3) is 0 Å². The molecule has 3 aliphatic rings. The summed E-state index contributed by atoms with van der Waals surface area (Å²) in [7, 11) is 2.58. The summed E-state index contributed by atoms with van der Waals surface area (Å²) in [6, 6.07) is 12.5. The first-order valence-electron chi connectivity index (χ1n) is 19.8. The molecule has 0 bridgehead atoms. The van der Waals surface area contributed by atoms with E-state index in [9.17, 15) is 19.2 Å². The molecule has 0 saturated carbocycles. The summed E-state index contributed by atoms with van der Waals surface area (Å²) in [5.74, 6) is 1.68. The highest BCUT2D eigenvalue weighted by molar-refractivity contribution is 5.87. The molecule has 4 N–H and O–H groups in total. The van der Waals surface area contributed by atoms with Crippen molar-refractivity contribution >= 4 is 24.0 Å². The van der Waals surface area contributed by atoms with Gasteiger partial charge >= 0.3 is 12.2 Å². The molecule has 3 aliphatic heterocycles. The van der Waals surface area contributed by atoms with Crippen LogP contribution in [0.4, 0.5) is 9.59 Å². The smallest absolute Gasteiger partial charge is 0.407 e. The maximum atomic E-state index is 13.7. The van der Waals surface area contributed by atoms with Gasteiger partial charge in [0.2, 0.25) is 11.8 Å². The van der Waals surface area contributed by atoms with Crippen LogP contribution in [0.5, 0.6) is 5.75 Å². The SMILES string of the molecule is COC(=O)N[C@H](C(=O)N1CCC[C@H]1c1ncc(-c2ccc(-c3ccc4c(c3)OCCc3[nH]c([C@@H]5CCCN5C(=O)[C@@H](NC(=O)OC)C(C)C)nc3-4)cc2)[nH]1)C(C)C. The normalized spacial score (nSPS) is 18.7. The van der Waals surface area contributed by atoms with Crippen molar-refractivity contribution in [3.8, 4) is 39.4 Å². The number of H-pyrrole nitrogens is 2. The molecule has 5 heterocycles. The minimum absolute atomic E-state index is 0.111. The molecule has 302 valence electrons. The third-order valence-electron chi connectivity index (χ3n) is 11.3. The second-order valence-corrected chi connectivity index (χ2v) is 15.6. The molecule has 4 amide bonds. The lowest BCUT2D eigenvalue weighted by molar-refractivity contribution is -0.136. The Hall–Kier alpha value is -5.86. The van der Waals surface area contributed by atoms with Crippen molar-refractivity contribution in [2.75, 3.05) is 33.9 Å². The number of benzene rings is 2. The number of carbonyl (C=O) groups is 4. The molecule has 57 heavy (non-hydrogen) atoms. The zero-order chi connectivity index (χ0) is 40.4. The van der Waals surface area contributed by atoms with Crippen molar-refractivity contribution in [1.29, 1.82) is 0 Å². The Bertz CT molecular complexity index is 2110. The van der Waals surface area contributed by atoms with Gasteiger partial charge in [0.15, 0.2) is 0 Å². The molecule has 0 unspecified atom stereocenters. The minimum atomic E-state index is -0.702. The summed E-state index contributed by atoms with van der Waals surface area (Å²) in [6.45, 7) is 9.25. The van der Waals surface area contributed by atoms with E-state index in [2.05, 4.69) is 43.8 Å². The molecule has 0 spiro atoms. The van der Waals surface area contributed by atoms with Crippen LogP contribution in [0.2, 0.25) is 0 Å². The van der Waals surface area contributed by atoms with E-state index < -0.39 is 24.3 Å². The fourth-order valence-electron chi connectivity index (χ4n) is 8.15. The van der Waals surface area contributed by atoms with Gasteiger partial charge in [0.1, 0.15) is 29.5 Å². The van der Waals surface area contributed by atoms with Crippen molar-refractivity contribution in [3.05, 3.63) is 66.0 Å². The standard InChI is InChI=1S/C42H52N8O7/c1-23(2)34(47-41(53)55-5)39(51)49-18-7-9-31(49)37-43-22-30(45-37)26-13-11-25(12-14-26)27-15-16-28-33(21-27)57-20-17-29-36(28)46-38(44-29)32-10-8-19-50(32)40(52)35(24(3)4)48-42(54)56-6/h11-16,21-24,31-32,34-35H,7-10,17-20H2,1-6H3,(H,43,45)(H,44,46)(H,47,53)(H,48,54)/t31-,32-,34-,35-/m0/s1. The van der Waals surface area contributed by atoms with Gasteiger partial charge in [0.05, 0.1) is 50.5 Å². The fourth-order valence-corrected chi connectivity index (χ4v) is 8.15. The molecule has 2 aromatic carbocycles. The predicted octanol–water partition coefficient (Wildman–Crippen LogP) is 6.16. The Labute approximate surface area is 332 Å². The number of likely N-dealkylation sites (tertiary alicyclic amines) is 2. The van der Waals surface area contributed by atoms with E-state index in [1.165, 1.54) is 14.2 Å². The number of rotatable bonds is 10. The quantitative estimate of drug-likeness (QED) is 0.147. The van der Waals surface area contributed by atoms with Crippen molar-refractivity contribution < 1.29 is 33.4 Å². The fraction of sp³-hybridized carbons (Fsp3) is 0.476. The van der Waals surface area contributed by atoms with E-state index in [0.29, 0.717) is 31.9 Å². The summed E-state index contributed by atoms with van der Waals surface area (Å²) < 4.78 is 15.8. The molecular formula is C42H52N8O7. The molecule has 0 aliphatic carbocycles. The lowest BCUT2D eigenvalue weighted by Gasteiger charge is -2.30. The average molecular weight is 781 g/mol. The molecule has 7 rings (SSSR count). The van der Waals surface area contributed by atoms with Crippen LogP contribution >= 0.6 is 0 Å². The van der Waals surface area contributed by atoms with Crippen LogP contribution < -0.4 is 15.4 Å². The average Bonchev–Trinajstić information content (AvgIpc) is 4.04. The highest BCUT2D eigenvalue weighted by atomic mass is 16.5. The van der Waals surface area contributed by atoms with Crippen LogP contribution in [-0.4, -0.2) is 99.7 Å². The van der Waals surface area contributed by atoms with Gasteiger partial charge in [-0.1, -0.05) is 58.0 Å². The predicted molar refractivity (Wildman–Crippen MR) is 212 cm³/mol. The molecule has 2 saturated heterocycles. The van der Waals surface area contributed by atoms with Crippen molar-refractivity contribution in [1.82, 2.24) is 40.4 Å². The Morgan fingerprint density at radius 1 is 0.772 bits per heavy atom. The maximum absolute atomic E-state index is 13.7. The Balaban J connectivity index is 1.06. The Kier molecular flexibility index (Phi) is 11.5.